The lowest BCUT2D eigenvalue weighted by atomic mass is 10.1. The van der Waals surface area contributed by atoms with Gasteiger partial charge in [0, 0.05) is 0 Å². The van der Waals surface area contributed by atoms with Crippen molar-refractivity contribution >= 4 is 18.9 Å². The summed E-state index contributed by atoms with van der Waals surface area (Å²) in [5.41, 5.74) is 1.35. The van der Waals surface area contributed by atoms with Gasteiger partial charge >= 0.3 is 7.82 Å². The quantitative estimate of drug-likeness (QED) is 0.718. The second kappa shape index (κ2) is 4.57. The fourth-order valence-electron chi connectivity index (χ4n) is 2.61. The van der Waals surface area contributed by atoms with Crippen LogP contribution in [-0.2, 0) is 18.3 Å². The molecule has 0 bridgehead atoms. The predicted octanol–water partition coefficient (Wildman–Crippen LogP) is 0.205. The third-order valence-electron chi connectivity index (χ3n) is 3.58. The summed E-state index contributed by atoms with van der Waals surface area (Å²) >= 11 is 0. The summed E-state index contributed by atoms with van der Waals surface area (Å²) in [6.45, 7) is -0.126. The van der Waals surface area contributed by atoms with Gasteiger partial charge in [-0.05, 0) is 12.1 Å². The average Bonchev–Trinajstić information content (AvgIpc) is 3.00. The maximum Gasteiger partial charge on any atom is 0.472 e. The van der Waals surface area contributed by atoms with Crippen molar-refractivity contribution in [2.24, 2.45) is 0 Å². The highest BCUT2D eigenvalue weighted by molar-refractivity contribution is 7.47. The highest BCUT2D eigenvalue weighted by atomic mass is 31.2. The van der Waals surface area contributed by atoms with Crippen LogP contribution in [0.4, 0.5) is 0 Å². The van der Waals surface area contributed by atoms with E-state index in [1.54, 1.807) is 12.1 Å². The van der Waals surface area contributed by atoms with Crippen molar-refractivity contribution in [2.45, 2.75) is 24.5 Å². The van der Waals surface area contributed by atoms with Crippen LogP contribution in [0.5, 0.6) is 0 Å². The topological polar surface area (TPSA) is 116 Å². The molecule has 2 saturated heterocycles. The first-order valence-electron chi connectivity index (χ1n) is 6.34. The zero-order valence-electron chi connectivity index (χ0n) is 10.6. The maximum atomic E-state index is 11.4. The van der Waals surface area contributed by atoms with Gasteiger partial charge < -0.3 is 14.7 Å². The predicted molar refractivity (Wildman–Crippen MR) is 68.1 cm³/mol. The van der Waals surface area contributed by atoms with Crippen LogP contribution in [0, 0.1) is 0 Å². The van der Waals surface area contributed by atoms with Gasteiger partial charge in [0.15, 0.2) is 6.23 Å². The largest absolute Gasteiger partial charge is 0.472 e. The molecule has 0 aliphatic carbocycles. The van der Waals surface area contributed by atoms with Crippen molar-refractivity contribution < 1.29 is 28.3 Å². The summed E-state index contributed by atoms with van der Waals surface area (Å²) < 4.78 is 28.1. The van der Waals surface area contributed by atoms with Gasteiger partial charge in [-0.3, -0.25) is 9.05 Å². The first-order chi connectivity index (χ1) is 10.1. The second-order valence-electron chi connectivity index (χ2n) is 4.91. The molecule has 0 amide bonds. The summed E-state index contributed by atoms with van der Waals surface area (Å²) in [6.07, 6.45) is -3.58. The van der Waals surface area contributed by atoms with Crippen LogP contribution in [0.1, 0.15) is 6.23 Å². The second-order valence-corrected chi connectivity index (χ2v) is 6.32. The van der Waals surface area contributed by atoms with Crippen LogP contribution in [-0.4, -0.2) is 49.9 Å². The average molecular weight is 313 g/mol. The Hall–Kier alpha value is -1.35. The minimum atomic E-state index is -4.13. The number of hydrogen-bond donors (Lipinski definition) is 2. The minimum absolute atomic E-state index is 0.126. The molecule has 0 spiro atoms. The van der Waals surface area contributed by atoms with E-state index < -0.39 is 32.4 Å². The van der Waals surface area contributed by atoms with E-state index in [1.807, 2.05) is 12.1 Å². The Morgan fingerprint density at radius 2 is 2.19 bits per heavy atom. The number of aromatic nitrogens is 3. The Bertz CT molecular complexity index is 736. The zero-order chi connectivity index (χ0) is 14.6. The number of para-hydroxylation sites is 1. The molecule has 112 valence electrons. The lowest BCUT2D eigenvalue weighted by Gasteiger charge is -2.27. The Balaban J connectivity index is 1.69. The van der Waals surface area contributed by atoms with Crippen molar-refractivity contribution in [2.75, 3.05) is 6.61 Å². The number of aliphatic hydroxyl groups excluding tert-OH is 1. The molecular formula is C11H12N3O6P. The van der Waals surface area contributed by atoms with Crippen molar-refractivity contribution in [3.8, 4) is 0 Å². The number of aliphatic hydroxyl groups is 1. The molecule has 2 aliphatic rings. The number of ether oxygens (including phenoxy) is 1. The lowest BCUT2D eigenvalue weighted by molar-refractivity contribution is -0.0698. The number of fused-ring (bicyclic) bond motifs is 2. The van der Waals surface area contributed by atoms with Crippen LogP contribution in [0.2, 0.25) is 0 Å². The molecule has 5 atom stereocenters. The monoisotopic (exact) mass is 313 g/mol. The Morgan fingerprint density at radius 1 is 1.38 bits per heavy atom. The summed E-state index contributed by atoms with van der Waals surface area (Å²) in [7, 11) is -4.13. The Labute approximate surface area is 118 Å². The fraction of sp³-hybridized carbons (Fsp3) is 0.455. The van der Waals surface area contributed by atoms with E-state index in [9.17, 15) is 14.6 Å². The third kappa shape index (κ3) is 2.10. The molecule has 2 fully saturated rings. The Morgan fingerprint density at radius 3 is 3.05 bits per heavy atom. The van der Waals surface area contributed by atoms with Crippen LogP contribution < -0.4 is 0 Å². The minimum Gasteiger partial charge on any atom is -0.385 e. The zero-order valence-corrected chi connectivity index (χ0v) is 11.5. The van der Waals surface area contributed by atoms with E-state index in [1.165, 1.54) is 4.68 Å². The molecule has 21 heavy (non-hydrogen) atoms. The van der Waals surface area contributed by atoms with E-state index in [0.717, 1.165) is 0 Å². The lowest BCUT2D eigenvalue weighted by Crippen LogP contribution is -2.39. The highest BCUT2D eigenvalue weighted by Crippen LogP contribution is 2.52. The molecular weight excluding hydrogens is 301 g/mol. The number of rotatable bonds is 1. The molecule has 10 heteroatoms. The van der Waals surface area contributed by atoms with Crippen LogP contribution in [0.25, 0.3) is 11.0 Å². The van der Waals surface area contributed by atoms with E-state index in [0.29, 0.717) is 11.0 Å². The summed E-state index contributed by atoms with van der Waals surface area (Å²) in [6, 6.07) is 7.22. The molecule has 2 aromatic rings. The standard InChI is InChI=1S/C11H12N3O6P/c15-9-10-8(5-18-21(16,17)20-10)19-11(9)14-7-4-2-1-3-6(7)12-13-14/h1-4,8-11,15H,5H2,(H,16,17)/t8?,9?,10-,11?/m1/s1. The van der Waals surface area contributed by atoms with Gasteiger partial charge in [0.2, 0.25) is 0 Å². The number of phosphoric ester groups is 1. The van der Waals surface area contributed by atoms with Gasteiger partial charge in [-0.1, -0.05) is 17.3 Å². The van der Waals surface area contributed by atoms with Crippen LogP contribution >= 0.6 is 7.82 Å². The summed E-state index contributed by atoms with van der Waals surface area (Å²) in [5.74, 6) is 0. The summed E-state index contributed by atoms with van der Waals surface area (Å²) in [5, 5.41) is 18.3. The number of benzene rings is 1. The number of hydrogen-bond acceptors (Lipinski definition) is 7. The molecule has 0 saturated carbocycles. The van der Waals surface area contributed by atoms with E-state index in [4.69, 9.17) is 9.26 Å². The maximum absolute atomic E-state index is 11.4. The molecule has 2 N–H and O–H groups in total. The first kappa shape index (κ1) is 13.3. The normalized spacial score (nSPS) is 39.5. The van der Waals surface area contributed by atoms with Crippen molar-refractivity contribution in [1.29, 1.82) is 0 Å². The molecule has 4 rings (SSSR count). The van der Waals surface area contributed by atoms with E-state index >= 15 is 0 Å². The van der Waals surface area contributed by atoms with Crippen LogP contribution in [0.3, 0.4) is 0 Å². The van der Waals surface area contributed by atoms with Gasteiger partial charge in [-0.25, -0.2) is 9.25 Å². The first-order valence-corrected chi connectivity index (χ1v) is 7.84. The van der Waals surface area contributed by atoms with Crippen molar-refractivity contribution in [1.82, 2.24) is 15.0 Å². The molecule has 3 heterocycles. The number of phosphoric acid groups is 1. The van der Waals surface area contributed by atoms with Gasteiger partial charge in [0.25, 0.3) is 0 Å². The van der Waals surface area contributed by atoms with Gasteiger partial charge in [0.1, 0.15) is 23.8 Å². The smallest absolute Gasteiger partial charge is 0.385 e. The molecule has 1 aromatic heterocycles. The molecule has 0 radical (unpaired) electrons. The van der Waals surface area contributed by atoms with Crippen LogP contribution in [0.15, 0.2) is 24.3 Å². The SMILES string of the molecule is O=P1(O)OCC2OC(n3nnc4ccccc43)C(O)[C@@H]2O1. The molecule has 2 aliphatic heterocycles. The molecule has 1 aromatic carbocycles. The van der Waals surface area contributed by atoms with Gasteiger partial charge in [-0.2, -0.15) is 0 Å². The van der Waals surface area contributed by atoms with Crippen molar-refractivity contribution in [3.05, 3.63) is 24.3 Å². The molecule has 9 nitrogen and oxygen atoms in total. The highest BCUT2D eigenvalue weighted by Gasteiger charge is 2.52. The van der Waals surface area contributed by atoms with Gasteiger partial charge in [-0.15, -0.1) is 5.10 Å². The van der Waals surface area contributed by atoms with E-state index in [-0.39, 0.29) is 6.61 Å². The summed E-state index contributed by atoms with van der Waals surface area (Å²) in [4.78, 5) is 9.34. The Kier molecular flexibility index (Phi) is 2.90. The molecule has 4 unspecified atom stereocenters. The van der Waals surface area contributed by atoms with Crippen molar-refractivity contribution in [3.63, 3.8) is 0 Å². The van der Waals surface area contributed by atoms with E-state index in [2.05, 4.69) is 14.8 Å². The fourth-order valence-corrected chi connectivity index (χ4v) is 3.58. The number of nitrogens with zero attached hydrogens (tertiary/aromatic N) is 3. The third-order valence-corrected chi connectivity index (χ3v) is 4.57. The van der Waals surface area contributed by atoms with Gasteiger partial charge in [0.05, 0.1) is 12.1 Å².